The van der Waals surface area contributed by atoms with Gasteiger partial charge in [-0.15, -0.1) is 0 Å². The van der Waals surface area contributed by atoms with Gasteiger partial charge in [0, 0.05) is 10.6 Å². The summed E-state index contributed by atoms with van der Waals surface area (Å²) in [5.41, 5.74) is 0.0883. The molecule has 7 heteroatoms. The van der Waals surface area contributed by atoms with E-state index in [0.717, 1.165) is 0 Å². The minimum Gasteiger partial charge on any atom is -0.507 e. The number of phenolic OH excluding ortho intramolecular Hbond substituents is 1. The molecule has 0 saturated carbocycles. The Balaban J connectivity index is 2.30. The summed E-state index contributed by atoms with van der Waals surface area (Å²) in [6.45, 7) is 3.07. The van der Waals surface area contributed by atoms with Crippen LogP contribution < -0.4 is 15.3 Å². The number of aryl methyl sites for hydroxylation is 2. The van der Waals surface area contributed by atoms with Gasteiger partial charge in [0.15, 0.2) is 12.3 Å². The molecule has 0 aliphatic heterocycles. The molecule has 0 aromatic heterocycles. The van der Waals surface area contributed by atoms with Crippen LogP contribution in [0.15, 0.2) is 97.1 Å². The molecule has 0 spiro atoms. The molecule has 0 radical (unpaired) electrons. The summed E-state index contributed by atoms with van der Waals surface area (Å²) < 4.78 is 68.7. The molecular weight excluding hydrogens is 484 g/mol. The summed E-state index contributed by atoms with van der Waals surface area (Å²) in [6, 6.07) is 23.8. The summed E-state index contributed by atoms with van der Waals surface area (Å²) in [4.78, 5) is 0. The van der Waals surface area contributed by atoms with Crippen molar-refractivity contribution in [3.63, 3.8) is 0 Å². The number of halogens is 3. The predicted molar refractivity (Wildman–Crippen MR) is 137 cm³/mol. The Kier molecular flexibility index (Phi) is 6.76. The van der Waals surface area contributed by atoms with Gasteiger partial charge in [-0.3, -0.25) is 0 Å². The molecule has 4 aromatic carbocycles. The maximum absolute atomic E-state index is 15.9. The van der Waals surface area contributed by atoms with Crippen LogP contribution >= 0.6 is 7.14 Å². The second kappa shape index (κ2) is 9.51. The van der Waals surface area contributed by atoms with E-state index in [4.69, 9.17) is 4.74 Å². The number of phenols is 1. The second-order valence-corrected chi connectivity index (χ2v) is 11.6. The van der Waals surface area contributed by atoms with Crippen LogP contribution in [-0.2, 0) is 9.72 Å². The molecule has 4 rings (SSSR count). The van der Waals surface area contributed by atoms with Gasteiger partial charge in [0.05, 0.1) is 7.11 Å². The van der Waals surface area contributed by atoms with Crippen molar-refractivity contribution in [2.75, 3.05) is 7.11 Å². The largest absolute Gasteiger partial charge is 0.507 e. The molecule has 0 bridgehead atoms. The van der Waals surface area contributed by atoms with Crippen molar-refractivity contribution in [3.05, 3.63) is 119 Å². The SMILES string of the molecule is COc1cccc(C(c2cc(C)c(O)c(C)c2)(C(F)(F)F)P(=O)(c2ccccc2)c2ccccc2)c1. The zero-order valence-corrected chi connectivity index (χ0v) is 21.0. The molecule has 1 atom stereocenters. The second-order valence-electron chi connectivity index (χ2n) is 8.68. The summed E-state index contributed by atoms with van der Waals surface area (Å²) >= 11 is 0. The maximum Gasteiger partial charge on any atom is 0.409 e. The van der Waals surface area contributed by atoms with E-state index in [1.807, 2.05) is 0 Å². The number of alkyl halides is 3. The van der Waals surface area contributed by atoms with Crippen LogP contribution in [-0.4, -0.2) is 18.4 Å². The van der Waals surface area contributed by atoms with E-state index in [9.17, 15) is 5.11 Å². The van der Waals surface area contributed by atoms with Crippen LogP contribution in [0.5, 0.6) is 11.5 Å². The van der Waals surface area contributed by atoms with Gasteiger partial charge in [-0.2, -0.15) is 13.2 Å². The molecule has 0 saturated heterocycles. The minimum atomic E-state index is -5.02. The highest BCUT2D eigenvalue weighted by molar-refractivity contribution is 7.80. The lowest BCUT2D eigenvalue weighted by atomic mass is 9.87. The van der Waals surface area contributed by atoms with Crippen LogP contribution in [0.2, 0.25) is 0 Å². The number of methoxy groups -OCH3 is 1. The van der Waals surface area contributed by atoms with Crippen LogP contribution in [0.3, 0.4) is 0 Å². The van der Waals surface area contributed by atoms with Crippen LogP contribution in [0.1, 0.15) is 22.3 Å². The van der Waals surface area contributed by atoms with Crippen molar-refractivity contribution in [2.24, 2.45) is 0 Å². The van der Waals surface area contributed by atoms with Gasteiger partial charge in [0.25, 0.3) is 0 Å². The fraction of sp³-hybridized carbons (Fsp3) is 0.172. The molecule has 0 aliphatic carbocycles. The highest BCUT2D eigenvalue weighted by Crippen LogP contribution is 2.71. The Hall–Kier alpha value is -3.50. The Morgan fingerprint density at radius 2 is 1.22 bits per heavy atom. The third-order valence-corrected chi connectivity index (χ3v) is 10.3. The first-order chi connectivity index (χ1) is 17.1. The average Bonchev–Trinajstić information content (AvgIpc) is 2.87. The number of hydrogen-bond acceptors (Lipinski definition) is 3. The molecule has 0 heterocycles. The van der Waals surface area contributed by atoms with Crippen LogP contribution in [0, 0.1) is 13.8 Å². The standard InChI is InChI=1S/C29H26F3O3P/c1-20-17-23(18-21(2)27(20)33)28(29(30,31)32,22-11-10-12-24(19-22)35-3)36(34,25-13-6-4-7-14-25)26-15-8-5-9-16-26/h4-19,33H,1-3H3. The first-order valence-electron chi connectivity index (χ1n) is 11.3. The zero-order valence-electron chi connectivity index (χ0n) is 20.1. The van der Waals surface area contributed by atoms with Gasteiger partial charge in [0.2, 0.25) is 0 Å². The maximum atomic E-state index is 15.9. The van der Waals surface area contributed by atoms with E-state index < -0.39 is 18.5 Å². The molecular formula is C29H26F3O3P. The Labute approximate surface area is 208 Å². The number of rotatable bonds is 6. The summed E-state index contributed by atoms with van der Waals surface area (Å²) in [5.74, 6) is 0.107. The molecule has 0 aliphatic rings. The molecule has 1 unspecified atom stereocenters. The molecule has 186 valence electrons. The minimum absolute atomic E-state index is 0.0692. The third-order valence-electron chi connectivity index (χ3n) is 6.52. The van der Waals surface area contributed by atoms with Crippen molar-refractivity contribution in [3.8, 4) is 11.5 Å². The summed E-state index contributed by atoms with van der Waals surface area (Å²) in [5, 5.41) is 7.57. The first kappa shape index (κ1) is 25.6. The van der Waals surface area contributed by atoms with Gasteiger partial charge in [-0.1, -0.05) is 84.9 Å². The molecule has 1 N–H and O–H groups in total. The topological polar surface area (TPSA) is 46.5 Å². The highest BCUT2D eigenvalue weighted by atomic mass is 31.2. The van der Waals surface area contributed by atoms with Crippen molar-refractivity contribution in [1.82, 2.24) is 0 Å². The number of ether oxygens (including phenoxy) is 1. The van der Waals surface area contributed by atoms with Gasteiger partial charge < -0.3 is 14.4 Å². The van der Waals surface area contributed by atoms with E-state index >= 15 is 17.7 Å². The fourth-order valence-corrected chi connectivity index (χ4v) is 8.47. The number of benzene rings is 4. The highest BCUT2D eigenvalue weighted by Gasteiger charge is 2.68. The summed E-state index contributed by atoms with van der Waals surface area (Å²) in [6.07, 6.45) is -5.02. The quantitative estimate of drug-likeness (QED) is 0.289. The van der Waals surface area contributed by atoms with E-state index in [0.29, 0.717) is 0 Å². The van der Waals surface area contributed by atoms with E-state index in [1.54, 1.807) is 42.5 Å². The van der Waals surface area contributed by atoms with E-state index in [-0.39, 0.29) is 44.4 Å². The lowest BCUT2D eigenvalue weighted by Gasteiger charge is -2.43. The Morgan fingerprint density at radius 3 is 1.67 bits per heavy atom. The van der Waals surface area contributed by atoms with Crippen molar-refractivity contribution in [2.45, 2.75) is 25.2 Å². The summed E-state index contributed by atoms with van der Waals surface area (Å²) in [7, 11) is -3.21. The van der Waals surface area contributed by atoms with Gasteiger partial charge in [-0.05, 0) is 48.2 Å². The van der Waals surface area contributed by atoms with Crippen LogP contribution in [0.25, 0.3) is 0 Å². The molecule has 3 nitrogen and oxygen atoms in total. The lowest BCUT2D eigenvalue weighted by molar-refractivity contribution is -0.154. The Morgan fingerprint density at radius 1 is 0.722 bits per heavy atom. The number of hydrogen-bond donors (Lipinski definition) is 1. The van der Waals surface area contributed by atoms with Crippen molar-refractivity contribution >= 4 is 17.8 Å². The van der Waals surface area contributed by atoms with Crippen molar-refractivity contribution in [1.29, 1.82) is 0 Å². The van der Waals surface area contributed by atoms with Crippen LogP contribution in [0.4, 0.5) is 13.2 Å². The Bertz CT molecular complexity index is 1350. The fourth-order valence-electron chi connectivity index (χ4n) is 4.86. The molecule has 0 fully saturated rings. The zero-order chi connectivity index (χ0) is 26.1. The smallest absolute Gasteiger partial charge is 0.409 e. The van der Waals surface area contributed by atoms with E-state index in [2.05, 4.69) is 0 Å². The van der Waals surface area contributed by atoms with Gasteiger partial charge in [-0.25, -0.2) is 0 Å². The van der Waals surface area contributed by atoms with E-state index in [1.165, 1.54) is 75.6 Å². The normalized spacial score (nSPS) is 13.7. The molecule has 36 heavy (non-hydrogen) atoms. The van der Waals surface area contributed by atoms with Gasteiger partial charge >= 0.3 is 6.18 Å². The first-order valence-corrected chi connectivity index (χ1v) is 13.0. The van der Waals surface area contributed by atoms with Gasteiger partial charge in [0.1, 0.15) is 11.5 Å². The molecule has 0 amide bonds. The number of aromatic hydroxyl groups is 1. The predicted octanol–water partition coefficient (Wildman–Crippen LogP) is 6.84. The monoisotopic (exact) mass is 510 g/mol. The molecule has 4 aromatic rings. The lowest BCUT2D eigenvalue weighted by Crippen LogP contribution is -2.48. The third kappa shape index (κ3) is 3.90. The van der Waals surface area contributed by atoms with Crippen molar-refractivity contribution < 1.29 is 27.6 Å². The average molecular weight is 510 g/mol.